The summed E-state index contributed by atoms with van der Waals surface area (Å²) >= 11 is 0. The molecule has 21 heavy (non-hydrogen) atoms. The van der Waals surface area contributed by atoms with E-state index in [0.717, 1.165) is 17.2 Å². The number of benzene rings is 2. The van der Waals surface area contributed by atoms with Crippen LogP contribution in [0.25, 0.3) is 0 Å². The van der Waals surface area contributed by atoms with Crippen molar-refractivity contribution in [2.24, 2.45) is 0 Å². The minimum Gasteiger partial charge on any atom is -0.398 e. The van der Waals surface area contributed by atoms with Crippen molar-refractivity contribution < 1.29 is 12.8 Å². The van der Waals surface area contributed by atoms with Crippen molar-refractivity contribution in [1.29, 1.82) is 0 Å². The summed E-state index contributed by atoms with van der Waals surface area (Å²) in [4.78, 5) is -0.101. The maximum atomic E-state index is 13.8. The van der Waals surface area contributed by atoms with E-state index in [1.807, 2.05) is 24.3 Å². The maximum Gasteiger partial charge on any atom is 0.243 e. The molecule has 1 aliphatic heterocycles. The summed E-state index contributed by atoms with van der Waals surface area (Å²) in [5.74, 6) is -0.606. The van der Waals surface area contributed by atoms with Gasteiger partial charge in [0.1, 0.15) is 5.82 Å². The zero-order valence-corrected chi connectivity index (χ0v) is 12.3. The third-order valence-corrected chi connectivity index (χ3v) is 5.58. The topological polar surface area (TPSA) is 63.4 Å². The molecule has 0 radical (unpaired) electrons. The van der Waals surface area contributed by atoms with Crippen molar-refractivity contribution >= 4 is 15.7 Å². The molecule has 0 bridgehead atoms. The molecule has 0 saturated heterocycles. The molecule has 0 amide bonds. The summed E-state index contributed by atoms with van der Waals surface area (Å²) in [6.07, 6.45) is 0. The average molecular weight is 306 g/mol. The van der Waals surface area contributed by atoms with E-state index in [1.165, 1.54) is 17.3 Å². The zero-order valence-electron chi connectivity index (χ0n) is 11.5. The molecule has 1 heterocycles. The second-order valence-electron chi connectivity index (χ2n) is 5.16. The van der Waals surface area contributed by atoms with Crippen LogP contribution < -0.4 is 5.73 Å². The van der Waals surface area contributed by atoms with Gasteiger partial charge < -0.3 is 5.73 Å². The van der Waals surface area contributed by atoms with E-state index in [2.05, 4.69) is 0 Å². The quantitative estimate of drug-likeness (QED) is 0.867. The summed E-state index contributed by atoms with van der Waals surface area (Å²) < 4.78 is 40.3. The van der Waals surface area contributed by atoms with Crippen molar-refractivity contribution in [1.82, 2.24) is 4.31 Å². The Labute approximate surface area is 123 Å². The predicted octanol–water partition coefficient (Wildman–Crippen LogP) is 2.42. The first kappa shape index (κ1) is 14.0. The fourth-order valence-electron chi connectivity index (χ4n) is 2.44. The number of nitrogens with zero attached hydrogens (tertiary/aromatic N) is 1. The molecular formula is C15H15FN2O2S. The van der Waals surface area contributed by atoms with Crippen LogP contribution in [0.2, 0.25) is 0 Å². The maximum absolute atomic E-state index is 13.8. The molecule has 2 N–H and O–H groups in total. The molecular weight excluding hydrogens is 291 g/mol. The van der Waals surface area contributed by atoms with Crippen LogP contribution >= 0.6 is 0 Å². The number of anilines is 1. The van der Waals surface area contributed by atoms with Crippen LogP contribution in [0.4, 0.5) is 10.1 Å². The van der Waals surface area contributed by atoms with E-state index < -0.39 is 15.8 Å². The zero-order chi connectivity index (χ0) is 15.2. The number of sulfonamides is 1. The fraction of sp³-hybridized carbons (Fsp3) is 0.200. The van der Waals surface area contributed by atoms with Crippen molar-refractivity contribution in [2.45, 2.75) is 24.9 Å². The van der Waals surface area contributed by atoms with Gasteiger partial charge in [-0.25, -0.2) is 12.8 Å². The van der Waals surface area contributed by atoms with Gasteiger partial charge in [-0.2, -0.15) is 4.31 Å². The monoisotopic (exact) mass is 306 g/mol. The molecule has 0 aromatic heterocycles. The molecule has 4 nitrogen and oxygen atoms in total. The standard InChI is InChI=1S/C15H15FN2O2S/c1-10-14(16)6-13(7-15(10)17)21(19,20)18-8-11-4-2-3-5-12(11)9-18/h2-7H,8-9,17H2,1H3. The minimum absolute atomic E-state index is 0.101. The van der Waals surface area contributed by atoms with Crippen molar-refractivity contribution in [3.63, 3.8) is 0 Å². The fourth-order valence-corrected chi connectivity index (χ4v) is 3.89. The third kappa shape index (κ3) is 2.30. The van der Waals surface area contributed by atoms with E-state index in [-0.39, 0.29) is 16.1 Å². The summed E-state index contributed by atoms with van der Waals surface area (Å²) in [7, 11) is -3.75. The number of fused-ring (bicyclic) bond motifs is 1. The van der Waals surface area contributed by atoms with Crippen LogP contribution in [0.1, 0.15) is 16.7 Å². The number of nitrogens with two attached hydrogens (primary N) is 1. The van der Waals surface area contributed by atoms with Crippen LogP contribution in [-0.4, -0.2) is 12.7 Å². The summed E-state index contributed by atoms with van der Waals surface area (Å²) in [5, 5.41) is 0. The average Bonchev–Trinajstić information content (AvgIpc) is 2.88. The number of nitrogen functional groups attached to an aromatic ring is 1. The van der Waals surface area contributed by atoms with E-state index in [4.69, 9.17) is 5.73 Å². The predicted molar refractivity (Wildman–Crippen MR) is 78.4 cm³/mol. The Kier molecular flexibility index (Phi) is 3.22. The number of halogens is 1. The number of rotatable bonds is 2. The Balaban J connectivity index is 2.00. The van der Waals surface area contributed by atoms with Gasteiger partial charge in [-0.05, 0) is 30.2 Å². The first-order valence-corrected chi connectivity index (χ1v) is 7.96. The van der Waals surface area contributed by atoms with Gasteiger partial charge in [0.2, 0.25) is 10.0 Å². The second kappa shape index (κ2) is 4.82. The molecule has 2 aromatic rings. The van der Waals surface area contributed by atoms with Crippen LogP contribution in [0.5, 0.6) is 0 Å². The molecule has 0 atom stereocenters. The summed E-state index contributed by atoms with van der Waals surface area (Å²) in [6, 6.07) is 9.89. The van der Waals surface area contributed by atoms with Gasteiger partial charge in [0.15, 0.2) is 0 Å². The van der Waals surface area contributed by atoms with Gasteiger partial charge in [-0.15, -0.1) is 0 Å². The van der Waals surface area contributed by atoms with Gasteiger partial charge >= 0.3 is 0 Å². The van der Waals surface area contributed by atoms with Gasteiger partial charge in [-0.1, -0.05) is 24.3 Å². The van der Waals surface area contributed by atoms with Gasteiger partial charge in [0.05, 0.1) is 4.90 Å². The molecule has 110 valence electrons. The van der Waals surface area contributed by atoms with Crippen LogP contribution in [0.15, 0.2) is 41.3 Å². The summed E-state index contributed by atoms with van der Waals surface area (Å²) in [6.45, 7) is 2.12. The van der Waals surface area contributed by atoms with Gasteiger partial charge in [0.25, 0.3) is 0 Å². The molecule has 0 fully saturated rings. The highest BCUT2D eigenvalue weighted by Crippen LogP contribution is 2.30. The van der Waals surface area contributed by atoms with E-state index >= 15 is 0 Å². The van der Waals surface area contributed by atoms with Crippen molar-refractivity contribution in [2.75, 3.05) is 5.73 Å². The Bertz CT molecular complexity index is 770. The van der Waals surface area contributed by atoms with Crippen molar-refractivity contribution in [3.8, 4) is 0 Å². The van der Waals surface area contributed by atoms with E-state index in [1.54, 1.807) is 0 Å². The molecule has 2 aromatic carbocycles. The Morgan fingerprint density at radius 2 is 1.71 bits per heavy atom. The molecule has 6 heteroatoms. The van der Waals surface area contributed by atoms with Crippen LogP contribution in [-0.2, 0) is 23.1 Å². The first-order chi connectivity index (χ1) is 9.89. The highest BCUT2D eigenvalue weighted by Gasteiger charge is 2.31. The number of hydrogen-bond donors (Lipinski definition) is 1. The normalized spacial score (nSPS) is 15.1. The first-order valence-electron chi connectivity index (χ1n) is 6.52. The Morgan fingerprint density at radius 3 is 2.24 bits per heavy atom. The highest BCUT2D eigenvalue weighted by atomic mass is 32.2. The lowest BCUT2D eigenvalue weighted by molar-refractivity contribution is 0.431. The van der Waals surface area contributed by atoms with Crippen LogP contribution in [0, 0.1) is 12.7 Å². The lowest BCUT2D eigenvalue weighted by Gasteiger charge is -2.16. The smallest absolute Gasteiger partial charge is 0.243 e. The molecule has 0 spiro atoms. The van der Waals surface area contributed by atoms with Crippen molar-refractivity contribution in [3.05, 3.63) is 58.9 Å². The third-order valence-electron chi connectivity index (χ3n) is 3.81. The second-order valence-corrected chi connectivity index (χ2v) is 7.10. The lowest BCUT2D eigenvalue weighted by Crippen LogP contribution is -2.26. The highest BCUT2D eigenvalue weighted by molar-refractivity contribution is 7.89. The lowest BCUT2D eigenvalue weighted by atomic mass is 10.1. The largest absolute Gasteiger partial charge is 0.398 e. The van der Waals surface area contributed by atoms with Gasteiger partial charge in [-0.3, -0.25) is 0 Å². The van der Waals surface area contributed by atoms with E-state index in [0.29, 0.717) is 13.1 Å². The number of hydrogen-bond acceptors (Lipinski definition) is 3. The molecule has 0 aliphatic carbocycles. The SMILES string of the molecule is Cc1c(N)cc(S(=O)(=O)N2Cc3ccccc3C2)cc1F. The molecule has 0 unspecified atom stereocenters. The molecule has 1 aliphatic rings. The molecule has 0 saturated carbocycles. The summed E-state index contributed by atoms with van der Waals surface area (Å²) in [5.41, 5.74) is 8.03. The van der Waals surface area contributed by atoms with Gasteiger partial charge in [0, 0.05) is 24.3 Å². The Morgan fingerprint density at radius 1 is 1.14 bits per heavy atom. The molecule has 3 rings (SSSR count). The van der Waals surface area contributed by atoms with Crippen LogP contribution in [0.3, 0.4) is 0 Å². The minimum atomic E-state index is -3.75. The Hall–Kier alpha value is -1.92. The van der Waals surface area contributed by atoms with E-state index in [9.17, 15) is 12.8 Å².